The molecule has 0 radical (unpaired) electrons. The van der Waals surface area contributed by atoms with Crippen LogP contribution < -0.4 is 10.6 Å². The SMILES string of the molecule is CCCCCC(C)NC(=O)C(CS)NC(C)=O. The van der Waals surface area contributed by atoms with Crippen LogP contribution >= 0.6 is 12.6 Å². The molecular formula is C12H24N2O2S. The van der Waals surface area contributed by atoms with Crippen LogP contribution in [0.3, 0.4) is 0 Å². The molecule has 0 aromatic carbocycles. The van der Waals surface area contributed by atoms with Crippen LogP contribution in [0.25, 0.3) is 0 Å². The van der Waals surface area contributed by atoms with Crippen molar-refractivity contribution in [3.63, 3.8) is 0 Å². The Bertz CT molecular complexity index is 247. The zero-order chi connectivity index (χ0) is 13.3. The minimum atomic E-state index is -0.538. The highest BCUT2D eigenvalue weighted by atomic mass is 32.1. The molecule has 0 aromatic heterocycles. The molecule has 0 bridgehead atoms. The lowest BCUT2D eigenvalue weighted by molar-refractivity contribution is -0.127. The summed E-state index contributed by atoms with van der Waals surface area (Å²) in [6, 6.07) is -0.394. The molecule has 100 valence electrons. The second-order valence-electron chi connectivity index (χ2n) is 4.34. The number of carbonyl (C=O) groups is 2. The van der Waals surface area contributed by atoms with Crippen LogP contribution in [-0.4, -0.2) is 29.7 Å². The summed E-state index contributed by atoms with van der Waals surface area (Å²) in [5, 5.41) is 5.47. The van der Waals surface area contributed by atoms with E-state index in [2.05, 4.69) is 30.2 Å². The van der Waals surface area contributed by atoms with Gasteiger partial charge in [-0.15, -0.1) is 0 Å². The molecule has 0 aliphatic heterocycles. The van der Waals surface area contributed by atoms with Crippen molar-refractivity contribution in [1.82, 2.24) is 10.6 Å². The van der Waals surface area contributed by atoms with Gasteiger partial charge >= 0.3 is 0 Å². The van der Waals surface area contributed by atoms with E-state index in [9.17, 15) is 9.59 Å². The number of amides is 2. The quantitative estimate of drug-likeness (QED) is 0.457. The van der Waals surface area contributed by atoms with Gasteiger partial charge < -0.3 is 10.6 Å². The van der Waals surface area contributed by atoms with Gasteiger partial charge in [-0.2, -0.15) is 12.6 Å². The lowest BCUT2D eigenvalue weighted by Crippen LogP contribution is -2.49. The summed E-state index contributed by atoms with van der Waals surface area (Å²) in [5.74, 6) is -0.0513. The average molecular weight is 260 g/mol. The molecule has 0 aliphatic carbocycles. The van der Waals surface area contributed by atoms with Crippen LogP contribution in [0.1, 0.15) is 46.5 Å². The van der Waals surface area contributed by atoms with Crippen molar-refractivity contribution in [3.05, 3.63) is 0 Å². The minimum absolute atomic E-state index is 0.144. The van der Waals surface area contributed by atoms with Gasteiger partial charge in [0.05, 0.1) is 0 Å². The lowest BCUT2D eigenvalue weighted by atomic mass is 10.1. The normalized spacial score (nSPS) is 13.9. The fourth-order valence-corrected chi connectivity index (χ4v) is 1.81. The first-order valence-corrected chi connectivity index (χ1v) is 6.82. The summed E-state index contributed by atoms with van der Waals surface area (Å²) in [6.45, 7) is 5.53. The molecule has 2 unspecified atom stereocenters. The Hall–Kier alpha value is -0.710. The summed E-state index contributed by atoms with van der Waals surface area (Å²) in [4.78, 5) is 22.7. The van der Waals surface area contributed by atoms with Crippen molar-refractivity contribution < 1.29 is 9.59 Å². The second kappa shape index (κ2) is 9.33. The maximum absolute atomic E-state index is 11.8. The highest BCUT2D eigenvalue weighted by molar-refractivity contribution is 7.80. The van der Waals surface area contributed by atoms with Gasteiger partial charge in [-0.05, 0) is 13.3 Å². The van der Waals surface area contributed by atoms with Crippen molar-refractivity contribution in [2.45, 2.75) is 58.5 Å². The summed E-state index contributed by atoms with van der Waals surface area (Å²) in [7, 11) is 0. The first-order valence-electron chi connectivity index (χ1n) is 6.19. The summed E-state index contributed by atoms with van der Waals surface area (Å²) in [5.41, 5.74) is 0. The monoisotopic (exact) mass is 260 g/mol. The third-order valence-corrected chi connectivity index (χ3v) is 2.87. The fourth-order valence-electron chi connectivity index (χ4n) is 1.56. The molecule has 0 aromatic rings. The molecule has 5 heteroatoms. The zero-order valence-electron chi connectivity index (χ0n) is 11.0. The first kappa shape index (κ1) is 16.3. The van der Waals surface area contributed by atoms with Crippen molar-refractivity contribution >= 4 is 24.4 Å². The van der Waals surface area contributed by atoms with Crippen LogP contribution in [0.4, 0.5) is 0 Å². The van der Waals surface area contributed by atoms with Crippen molar-refractivity contribution in [2.75, 3.05) is 5.75 Å². The molecule has 2 atom stereocenters. The van der Waals surface area contributed by atoms with E-state index in [1.807, 2.05) is 6.92 Å². The van der Waals surface area contributed by atoms with Crippen LogP contribution in [0.2, 0.25) is 0 Å². The zero-order valence-corrected chi connectivity index (χ0v) is 11.8. The number of hydrogen-bond donors (Lipinski definition) is 3. The Balaban J connectivity index is 3.99. The largest absolute Gasteiger partial charge is 0.352 e. The number of thiol groups is 1. The Kier molecular flexibility index (Phi) is 8.94. The van der Waals surface area contributed by atoms with E-state index < -0.39 is 6.04 Å². The molecule has 0 fully saturated rings. The summed E-state index contributed by atoms with van der Waals surface area (Å²) < 4.78 is 0. The van der Waals surface area contributed by atoms with Gasteiger partial charge in [-0.3, -0.25) is 9.59 Å². The highest BCUT2D eigenvalue weighted by Gasteiger charge is 2.18. The van der Waals surface area contributed by atoms with Crippen molar-refractivity contribution in [3.8, 4) is 0 Å². The molecule has 0 heterocycles. The summed E-state index contributed by atoms with van der Waals surface area (Å²) >= 11 is 4.06. The maximum atomic E-state index is 11.8. The molecule has 0 rings (SSSR count). The Labute approximate surface area is 109 Å². The smallest absolute Gasteiger partial charge is 0.243 e. The van der Waals surface area contributed by atoms with E-state index in [1.165, 1.54) is 19.8 Å². The standard InChI is InChI=1S/C12H24N2O2S/c1-4-5-6-7-9(2)13-12(16)11(8-17)14-10(3)15/h9,11,17H,4-8H2,1-3H3,(H,13,16)(H,14,15). The van der Waals surface area contributed by atoms with Crippen molar-refractivity contribution in [1.29, 1.82) is 0 Å². The molecule has 0 spiro atoms. The van der Waals surface area contributed by atoms with Gasteiger partial charge in [-0.1, -0.05) is 26.2 Å². The number of unbranched alkanes of at least 4 members (excludes halogenated alkanes) is 2. The predicted molar refractivity (Wildman–Crippen MR) is 73.2 cm³/mol. The molecular weight excluding hydrogens is 236 g/mol. The van der Waals surface area contributed by atoms with E-state index in [4.69, 9.17) is 0 Å². The number of nitrogens with one attached hydrogen (secondary N) is 2. The molecule has 4 nitrogen and oxygen atoms in total. The number of rotatable bonds is 8. The van der Waals surface area contributed by atoms with Crippen LogP contribution in [0, 0.1) is 0 Å². The van der Waals surface area contributed by atoms with Crippen LogP contribution in [0.15, 0.2) is 0 Å². The van der Waals surface area contributed by atoms with Gasteiger partial charge in [0.15, 0.2) is 0 Å². The van der Waals surface area contributed by atoms with Gasteiger partial charge in [-0.25, -0.2) is 0 Å². The minimum Gasteiger partial charge on any atom is -0.352 e. The highest BCUT2D eigenvalue weighted by Crippen LogP contribution is 2.03. The maximum Gasteiger partial charge on any atom is 0.243 e. The molecule has 2 amide bonds. The molecule has 0 saturated heterocycles. The Morgan fingerprint density at radius 3 is 2.35 bits per heavy atom. The lowest BCUT2D eigenvalue weighted by Gasteiger charge is -2.19. The fraction of sp³-hybridized carbons (Fsp3) is 0.833. The van der Waals surface area contributed by atoms with E-state index in [-0.39, 0.29) is 17.9 Å². The van der Waals surface area contributed by atoms with Gasteiger partial charge in [0, 0.05) is 18.7 Å². The Morgan fingerprint density at radius 1 is 1.24 bits per heavy atom. The van der Waals surface area contributed by atoms with E-state index >= 15 is 0 Å². The predicted octanol–water partition coefficient (Wildman–Crippen LogP) is 1.51. The van der Waals surface area contributed by atoms with E-state index in [1.54, 1.807) is 0 Å². The van der Waals surface area contributed by atoms with Crippen LogP contribution in [0.5, 0.6) is 0 Å². The Morgan fingerprint density at radius 2 is 1.88 bits per heavy atom. The summed E-state index contributed by atoms with van der Waals surface area (Å²) in [6.07, 6.45) is 4.44. The topological polar surface area (TPSA) is 58.2 Å². The number of hydrogen-bond acceptors (Lipinski definition) is 3. The van der Waals surface area contributed by atoms with E-state index in [0.29, 0.717) is 5.75 Å². The molecule has 2 N–H and O–H groups in total. The third kappa shape index (κ3) is 8.07. The van der Waals surface area contributed by atoms with Gasteiger partial charge in [0.1, 0.15) is 6.04 Å². The third-order valence-electron chi connectivity index (χ3n) is 2.51. The van der Waals surface area contributed by atoms with Gasteiger partial charge in [0.25, 0.3) is 0 Å². The molecule has 0 aliphatic rings. The van der Waals surface area contributed by atoms with Crippen molar-refractivity contribution in [2.24, 2.45) is 0 Å². The second-order valence-corrected chi connectivity index (χ2v) is 4.71. The number of carbonyl (C=O) groups excluding carboxylic acids is 2. The van der Waals surface area contributed by atoms with E-state index in [0.717, 1.165) is 12.8 Å². The first-order chi connectivity index (χ1) is 8.01. The molecule has 0 saturated carbocycles. The average Bonchev–Trinajstić information content (AvgIpc) is 2.25. The van der Waals surface area contributed by atoms with Crippen LogP contribution in [-0.2, 0) is 9.59 Å². The molecule has 17 heavy (non-hydrogen) atoms. The van der Waals surface area contributed by atoms with Gasteiger partial charge in [0.2, 0.25) is 11.8 Å².